The van der Waals surface area contributed by atoms with Crippen LogP contribution in [0.25, 0.3) is 11.0 Å². The number of fused-ring (bicyclic) bond motifs is 1. The maximum absolute atomic E-state index is 12.1. The summed E-state index contributed by atoms with van der Waals surface area (Å²) in [5.41, 5.74) is 4.29. The molecule has 4 nitrogen and oxygen atoms in total. The summed E-state index contributed by atoms with van der Waals surface area (Å²) in [5, 5.41) is 3.01. The van der Waals surface area contributed by atoms with Gasteiger partial charge in [-0.1, -0.05) is 36.4 Å². The number of benzene rings is 2. The van der Waals surface area contributed by atoms with Crippen molar-refractivity contribution in [3.63, 3.8) is 0 Å². The van der Waals surface area contributed by atoms with Crippen LogP contribution in [0.1, 0.15) is 36.3 Å². The Bertz CT molecular complexity index is 808. The fourth-order valence-corrected chi connectivity index (χ4v) is 2.63. The smallest absolute Gasteiger partial charge is 0.220 e. The predicted octanol–water partition coefficient (Wildman–Crippen LogP) is 3.68. The van der Waals surface area contributed by atoms with E-state index in [1.54, 1.807) is 0 Å². The van der Waals surface area contributed by atoms with Crippen LogP contribution in [0.5, 0.6) is 0 Å². The number of amides is 1. The third-order valence-electron chi connectivity index (χ3n) is 3.93. The van der Waals surface area contributed by atoms with E-state index in [1.165, 1.54) is 11.1 Å². The fourth-order valence-electron chi connectivity index (χ4n) is 2.63. The quantitative estimate of drug-likeness (QED) is 0.755. The van der Waals surface area contributed by atoms with Gasteiger partial charge in [-0.25, -0.2) is 4.98 Å². The molecule has 118 valence electrons. The second-order valence-electron chi connectivity index (χ2n) is 5.92. The number of imidazole rings is 1. The molecule has 3 aromatic rings. The van der Waals surface area contributed by atoms with E-state index in [1.807, 2.05) is 49.4 Å². The zero-order valence-corrected chi connectivity index (χ0v) is 13.5. The van der Waals surface area contributed by atoms with E-state index in [9.17, 15) is 4.79 Å². The molecule has 23 heavy (non-hydrogen) atoms. The summed E-state index contributed by atoms with van der Waals surface area (Å²) in [4.78, 5) is 20.0. The number of hydrogen-bond donors (Lipinski definition) is 2. The highest BCUT2D eigenvalue weighted by molar-refractivity contribution is 5.78. The van der Waals surface area contributed by atoms with Crippen LogP contribution in [0.4, 0.5) is 0 Å². The fraction of sp³-hybridized carbons (Fsp3) is 0.263. The third kappa shape index (κ3) is 3.77. The highest BCUT2D eigenvalue weighted by Gasteiger charge is 2.13. The van der Waals surface area contributed by atoms with Gasteiger partial charge >= 0.3 is 0 Å². The van der Waals surface area contributed by atoms with Gasteiger partial charge in [0.05, 0.1) is 17.1 Å². The Kier molecular flexibility index (Phi) is 4.42. The van der Waals surface area contributed by atoms with Crippen LogP contribution in [0.15, 0.2) is 48.5 Å². The Hall–Kier alpha value is -2.62. The first-order valence-electron chi connectivity index (χ1n) is 7.91. The number of nitrogens with one attached hydrogen (secondary N) is 2. The lowest BCUT2D eigenvalue weighted by molar-refractivity contribution is -0.121. The second kappa shape index (κ2) is 6.65. The van der Waals surface area contributed by atoms with Gasteiger partial charge in [0.1, 0.15) is 5.82 Å². The summed E-state index contributed by atoms with van der Waals surface area (Å²) in [5.74, 6) is 0.830. The number of carbonyl (C=O) groups excluding carboxylic acids is 1. The molecule has 0 saturated carbocycles. The highest BCUT2D eigenvalue weighted by Crippen LogP contribution is 2.17. The third-order valence-corrected chi connectivity index (χ3v) is 3.93. The summed E-state index contributed by atoms with van der Waals surface area (Å²) in [7, 11) is 0. The molecule has 2 N–H and O–H groups in total. The van der Waals surface area contributed by atoms with E-state index in [4.69, 9.17) is 0 Å². The minimum absolute atomic E-state index is 0.0398. The molecule has 0 spiro atoms. The van der Waals surface area contributed by atoms with Gasteiger partial charge in [-0.3, -0.25) is 4.79 Å². The van der Waals surface area contributed by atoms with E-state index in [2.05, 4.69) is 28.3 Å². The molecule has 2 aromatic carbocycles. The summed E-state index contributed by atoms with van der Waals surface area (Å²) in [6.45, 7) is 4.00. The van der Waals surface area contributed by atoms with Gasteiger partial charge in [0.2, 0.25) is 5.91 Å². The Morgan fingerprint density at radius 1 is 1.22 bits per heavy atom. The van der Waals surface area contributed by atoms with Crippen LogP contribution >= 0.6 is 0 Å². The van der Waals surface area contributed by atoms with Crippen molar-refractivity contribution >= 4 is 16.9 Å². The molecule has 0 aliphatic heterocycles. The van der Waals surface area contributed by atoms with Gasteiger partial charge in [-0.2, -0.15) is 0 Å². The zero-order chi connectivity index (χ0) is 16.2. The maximum atomic E-state index is 12.1. The van der Waals surface area contributed by atoms with Gasteiger partial charge in [-0.15, -0.1) is 0 Å². The highest BCUT2D eigenvalue weighted by atomic mass is 16.1. The van der Waals surface area contributed by atoms with E-state index < -0.39 is 0 Å². The van der Waals surface area contributed by atoms with Crippen molar-refractivity contribution in [2.45, 2.75) is 32.7 Å². The summed E-state index contributed by atoms with van der Waals surface area (Å²) in [6.07, 6.45) is 1.23. The first-order valence-corrected chi connectivity index (χ1v) is 7.91. The number of H-pyrrole nitrogens is 1. The van der Waals surface area contributed by atoms with Crippen molar-refractivity contribution < 1.29 is 4.79 Å². The van der Waals surface area contributed by atoms with Crippen molar-refractivity contribution in [3.05, 3.63) is 65.5 Å². The maximum Gasteiger partial charge on any atom is 0.220 e. The minimum Gasteiger partial charge on any atom is -0.346 e. The minimum atomic E-state index is -0.133. The molecule has 1 atom stereocenters. The number of aromatic amines is 1. The topological polar surface area (TPSA) is 57.8 Å². The Balaban J connectivity index is 1.61. The lowest BCUT2D eigenvalue weighted by Gasteiger charge is -2.11. The molecule has 0 saturated heterocycles. The van der Waals surface area contributed by atoms with E-state index in [0.29, 0.717) is 6.42 Å². The summed E-state index contributed by atoms with van der Waals surface area (Å²) < 4.78 is 0. The Morgan fingerprint density at radius 2 is 2.00 bits per heavy atom. The lowest BCUT2D eigenvalue weighted by atomic mass is 10.1. The molecule has 0 aliphatic rings. The Labute approximate surface area is 136 Å². The van der Waals surface area contributed by atoms with Crippen LogP contribution in [-0.4, -0.2) is 15.9 Å². The molecule has 3 rings (SSSR count). The van der Waals surface area contributed by atoms with Crippen molar-refractivity contribution in [1.82, 2.24) is 15.3 Å². The van der Waals surface area contributed by atoms with Crippen molar-refractivity contribution in [3.8, 4) is 0 Å². The van der Waals surface area contributed by atoms with Crippen LogP contribution in [-0.2, 0) is 11.2 Å². The van der Waals surface area contributed by atoms with Gasteiger partial charge < -0.3 is 10.3 Å². The summed E-state index contributed by atoms with van der Waals surface area (Å²) >= 11 is 0. The molecule has 0 fully saturated rings. The van der Waals surface area contributed by atoms with E-state index in [0.717, 1.165) is 23.3 Å². The number of hydrogen-bond acceptors (Lipinski definition) is 2. The standard InChI is InChI=1S/C19H21N3O/c1-13-8-10-16-17(12-13)22-19(21-16)14(2)20-18(23)11-9-15-6-4-3-5-7-15/h3-8,10,12,14H,9,11H2,1-2H3,(H,20,23)(H,21,22). The molecule has 0 aliphatic carbocycles. The number of aryl methyl sites for hydroxylation is 2. The van der Waals surface area contributed by atoms with E-state index in [-0.39, 0.29) is 11.9 Å². The molecular formula is C19H21N3O. The first-order chi connectivity index (χ1) is 11.1. The molecule has 0 bridgehead atoms. The van der Waals surface area contributed by atoms with Crippen molar-refractivity contribution in [1.29, 1.82) is 0 Å². The van der Waals surface area contributed by atoms with Gasteiger partial charge in [0.25, 0.3) is 0 Å². The molecule has 1 unspecified atom stereocenters. The normalized spacial score (nSPS) is 12.3. The first kappa shape index (κ1) is 15.3. The lowest BCUT2D eigenvalue weighted by Crippen LogP contribution is -2.27. The number of rotatable bonds is 5. The average Bonchev–Trinajstić information content (AvgIpc) is 2.97. The van der Waals surface area contributed by atoms with Gasteiger partial charge in [0.15, 0.2) is 0 Å². The molecule has 1 heterocycles. The number of carbonyl (C=O) groups is 1. The number of aromatic nitrogens is 2. The molecule has 1 amide bonds. The van der Waals surface area contributed by atoms with Crippen LogP contribution in [0.2, 0.25) is 0 Å². The van der Waals surface area contributed by atoms with Gasteiger partial charge in [0, 0.05) is 6.42 Å². The van der Waals surface area contributed by atoms with Crippen LogP contribution < -0.4 is 5.32 Å². The van der Waals surface area contributed by atoms with Crippen molar-refractivity contribution in [2.75, 3.05) is 0 Å². The predicted molar refractivity (Wildman–Crippen MR) is 92.2 cm³/mol. The average molecular weight is 307 g/mol. The van der Waals surface area contributed by atoms with Crippen molar-refractivity contribution in [2.24, 2.45) is 0 Å². The number of nitrogens with zero attached hydrogens (tertiary/aromatic N) is 1. The van der Waals surface area contributed by atoms with Crippen LogP contribution in [0.3, 0.4) is 0 Å². The molecule has 0 radical (unpaired) electrons. The molecule has 1 aromatic heterocycles. The largest absolute Gasteiger partial charge is 0.346 e. The molecule has 4 heteroatoms. The Morgan fingerprint density at radius 3 is 2.78 bits per heavy atom. The second-order valence-corrected chi connectivity index (χ2v) is 5.92. The monoisotopic (exact) mass is 307 g/mol. The summed E-state index contributed by atoms with van der Waals surface area (Å²) in [6, 6.07) is 16.0. The van der Waals surface area contributed by atoms with Gasteiger partial charge in [-0.05, 0) is 43.5 Å². The van der Waals surface area contributed by atoms with Crippen LogP contribution in [0, 0.1) is 6.92 Å². The SMILES string of the molecule is Cc1ccc2nc(C(C)NC(=O)CCc3ccccc3)[nH]c2c1. The molecular weight excluding hydrogens is 286 g/mol. The van der Waals surface area contributed by atoms with E-state index >= 15 is 0 Å². The zero-order valence-electron chi connectivity index (χ0n) is 13.5.